The summed E-state index contributed by atoms with van der Waals surface area (Å²) in [6, 6.07) is 5.94. The van der Waals surface area contributed by atoms with Crippen molar-refractivity contribution in [3.05, 3.63) is 29.8 Å². The van der Waals surface area contributed by atoms with E-state index in [1.165, 1.54) is 12.1 Å². The summed E-state index contributed by atoms with van der Waals surface area (Å²) >= 11 is 0. The zero-order valence-corrected chi connectivity index (χ0v) is 9.43. The van der Waals surface area contributed by atoms with Crippen LogP contribution in [-0.4, -0.2) is 13.5 Å². The van der Waals surface area contributed by atoms with Crippen LogP contribution in [0.2, 0.25) is 0 Å². The molecule has 1 aromatic carbocycles. The third kappa shape index (κ3) is 2.70. The predicted molar refractivity (Wildman–Crippen MR) is 54.7 cm³/mol. The molecule has 0 amide bonds. The molecule has 0 spiro atoms. The molecule has 0 unspecified atom stereocenters. The molecule has 0 aliphatic carbocycles. The second kappa shape index (κ2) is 3.53. The standard InChI is InChI=1S/C9H11ClO3S/c1-9(2,11)7-4-3-5-8(6-7)14(10,12)13/h3-6,11H,1-2H3. The van der Waals surface area contributed by atoms with Gasteiger partial charge in [0, 0.05) is 10.7 Å². The Bertz CT molecular complexity index is 432. The predicted octanol–water partition coefficient (Wildman–Crippen LogP) is 1.84. The van der Waals surface area contributed by atoms with E-state index in [1.807, 2.05) is 0 Å². The number of aliphatic hydroxyl groups is 1. The highest BCUT2D eigenvalue weighted by molar-refractivity contribution is 8.13. The lowest BCUT2D eigenvalue weighted by Gasteiger charge is -2.17. The Morgan fingerprint density at radius 2 is 1.93 bits per heavy atom. The first-order valence-electron chi connectivity index (χ1n) is 3.99. The van der Waals surface area contributed by atoms with Crippen molar-refractivity contribution < 1.29 is 13.5 Å². The number of hydrogen-bond acceptors (Lipinski definition) is 3. The first-order valence-corrected chi connectivity index (χ1v) is 6.30. The van der Waals surface area contributed by atoms with Gasteiger partial charge in [-0.05, 0) is 31.5 Å². The molecule has 1 N–H and O–H groups in total. The van der Waals surface area contributed by atoms with Gasteiger partial charge in [-0.1, -0.05) is 12.1 Å². The smallest absolute Gasteiger partial charge is 0.261 e. The molecular formula is C9H11ClO3S. The van der Waals surface area contributed by atoms with Gasteiger partial charge in [-0.25, -0.2) is 8.42 Å². The summed E-state index contributed by atoms with van der Waals surface area (Å²) in [6.07, 6.45) is 0. The van der Waals surface area contributed by atoms with Gasteiger partial charge in [-0.2, -0.15) is 0 Å². The molecule has 0 heterocycles. The minimum Gasteiger partial charge on any atom is -0.386 e. The second-order valence-corrected chi connectivity index (χ2v) is 6.09. The van der Waals surface area contributed by atoms with Crippen LogP contribution in [-0.2, 0) is 14.7 Å². The first kappa shape index (κ1) is 11.5. The van der Waals surface area contributed by atoms with E-state index in [2.05, 4.69) is 0 Å². The van der Waals surface area contributed by atoms with E-state index in [-0.39, 0.29) is 4.90 Å². The van der Waals surface area contributed by atoms with Gasteiger partial charge in [-0.3, -0.25) is 0 Å². The van der Waals surface area contributed by atoms with E-state index >= 15 is 0 Å². The van der Waals surface area contributed by atoms with Crippen LogP contribution < -0.4 is 0 Å². The fourth-order valence-electron chi connectivity index (χ4n) is 1.03. The lowest BCUT2D eigenvalue weighted by Crippen LogP contribution is -2.15. The SMILES string of the molecule is CC(C)(O)c1cccc(S(=O)(=O)Cl)c1. The second-order valence-electron chi connectivity index (χ2n) is 3.52. The lowest BCUT2D eigenvalue weighted by atomic mass is 9.99. The van der Waals surface area contributed by atoms with Crippen molar-refractivity contribution >= 4 is 19.7 Å². The van der Waals surface area contributed by atoms with Gasteiger partial charge >= 0.3 is 0 Å². The summed E-state index contributed by atoms with van der Waals surface area (Å²) in [6.45, 7) is 3.15. The summed E-state index contributed by atoms with van der Waals surface area (Å²) in [4.78, 5) is -0.00112. The number of halogens is 1. The van der Waals surface area contributed by atoms with Crippen molar-refractivity contribution in [3.63, 3.8) is 0 Å². The fourth-order valence-corrected chi connectivity index (χ4v) is 1.83. The van der Waals surface area contributed by atoms with Crippen LogP contribution in [0.15, 0.2) is 29.2 Å². The Labute approximate surface area is 87.8 Å². The zero-order valence-electron chi connectivity index (χ0n) is 7.86. The van der Waals surface area contributed by atoms with E-state index < -0.39 is 14.7 Å². The van der Waals surface area contributed by atoms with Crippen LogP contribution in [0.3, 0.4) is 0 Å². The summed E-state index contributed by atoms with van der Waals surface area (Å²) in [7, 11) is 1.45. The first-order chi connectivity index (χ1) is 6.21. The van der Waals surface area contributed by atoms with Crippen LogP contribution in [0.5, 0.6) is 0 Å². The highest BCUT2D eigenvalue weighted by Crippen LogP contribution is 2.23. The number of rotatable bonds is 2. The Morgan fingerprint density at radius 1 is 1.36 bits per heavy atom. The molecule has 5 heteroatoms. The van der Waals surface area contributed by atoms with E-state index in [1.54, 1.807) is 26.0 Å². The zero-order chi connectivity index (χ0) is 11.0. The molecule has 0 bridgehead atoms. The summed E-state index contributed by atoms with van der Waals surface area (Å²) in [5.41, 5.74) is -0.559. The van der Waals surface area contributed by atoms with Crippen molar-refractivity contribution in [2.75, 3.05) is 0 Å². The topological polar surface area (TPSA) is 54.4 Å². The van der Waals surface area contributed by atoms with Gasteiger partial charge in [0.15, 0.2) is 0 Å². The Hall–Kier alpha value is -0.580. The number of hydrogen-bond donors (Lipinski definition) is 1. The average Bonchev–Trinajstić information content (AvgIpc) is 2.01. The molecule has 14 heavy (non-hydrogen) atoms. The van der Waals surface area contributed by atoms with Crippen molar-refractivity contribution in [2.45, 2.75) is 24.3 Å². The van der Waals surface area contributed by atoms with Crippen molar-refractivity contribution in [1.82, 2.24) is 0 Å². The van der Waals surface area contributed by atoms with Gasteiger partial charge in [-0.15, -0.1) is 0 Å². The van der Waals surface area contributed by atoms with Gasteiger partial charge < -0.3 is 5.11 Å². The normalized spacial score (nSPS) is 12.9. The maximum Gasteiger partial charge on any atom is 0.261 e. The Kier molecular flexibility index (Phi) is 2.90. The average molecular weight is 235 g/mol. The van der Waals surface area contributed by atoms with Crippen molar-refractivity contribution in [3.8, 4) is 0 Å². The lowest BCUT2D eigenvalue weighted by molar-refractivity contribution is 0.0784. The van der Waals surface area contributed by atoms with Crippen LogP contribution in [0, 0.1) is 0 Å². The minimum absolute atomic E-state index is 0.00112. The Balaban J connectivity index is 3.29. The quantitative estimate of drug-likeness (QED) is 0.795. The molecule has 0 saturated heterocycles. The monoisotopic (exact) mass is 234 g/mol. The highest BCUT2D eigenvalue weighted by atomic mass is 35.7. The molecule has 1 rings (SSSR count). The maximum atomic E-state index is 11.0. The largest absolute Gasteiger partial charge is 0.386 e. The van der Waals surface area contributed by atoms with Crippen molar-refractivity contribution in [2.24, 2.45) is 0 Å². The van der Waals surface area contributed by atoms with Crippen LogP contribution in [0.25, 0.3) is 0 Å². The molecule has 3 nitrogen and oxygen atoms in total. The van der Waals surface area contributed by atoms with Crippen LogP contribution in [0.4, 0.5) is 0 Å². The molecule has 1 aromatic rings. The highest BCUT2D eigenvalue weighted by Gasteiger charge is 2.18. The number of benzene rings is 1. The molecule has 0 saturated carbocycles. The van der Waals surface area contributed by atoms with Gasteiger partial charge in [0.25, 0.3) is 9.05 Å². The molecule has 0 atom stereocenters. The van der Waals surface area contributed by atoms with Crippen LogP contribution in [0.1, 0.15) is 19.4 Å². The van der Waals surface area contributed by atoms with E-state index in [0.29, 0.717) is 5.56 Å². The van der Waals surface area contributed by atoms with Gasteiger partial charge in [0.05, 0.1) is 10.5 Å². The molecule has 0 aliphatic heterocycles. The molecule has 0 fully saturated rings. The Morgan fingerprint density at radius 3 is 2.36 bits per heavy atom. The van der Waals surface area contributed by atoms with E-state index in [0.717, 1.165) is 0 Å². The minimum atomic E-state index is -3.72. The fraction of sp³-hybridized carbons (Fsp3) is 0.333. The third-order valence-electron chi connectivity index (χ3n) is 1.82. The van der Waals surface area contributed by atoms with Crippen LogP contribution >= 0.6 is 10.7 Å². The van der Waals surface area contributed by atoms with Gasteiger partial charge in [0.2, 0.25) is 0 Å². The molecule has 78 valence electrons. The summed E-state index contributed by atoms with van der Waals surface area (Å²) < 4.78 is 22.0. The molecule has 0 radical (unpaired) electrons. The molecule has 0 aromatic heterocycles. The third-order valence-corrected chi connectivity index (χ3v) is 3.17. The van der Waals surface area contributed by atoms with Crippen molar-refractivity contribution in [1.29, 1.82) is 0 Å². The van der Waals surface area contributed by atoms with E-state index in [4.69, 9.17) is 10.7 Å². The van der Waals surface area contributed by atoms with E-state index in [9.17, 15) is 13.5 Å². The van der Waals surface area contributed by atoms with Gasteiger partial charge in [0.1, 0.15) is 0 Å². The summed E-state index contributed by atoms with van der Waals surface area (Å²) in [5, 5.41) is 9.64. The molecule has 0 aliphatic rings. The molecular weight excluding hydrogens is 224 g/mol. The maximum absolute atomic E-state index is 11.0. The summed E-state index contributed by atoms with van der Waals surface area (Å²) in [5.74, 6) is 0.